The normalized spacial score (nSPS) is 13.6. The molecule has 0 radical (unpaired) electrons. The van der Waals surface area contributed by atoms with E-state index in [0.717, 1.165) is 4.88 Å². The van der Waals surface area contributed by atoms with Gasteiger partial charge in [-0.05, 0) is 18.4 Å². The van der Waals surface area contributed by atoms with E-state index in [1.165, 1.54) is 11.3 Å². The third-order valence-electron chi connectivity index (χ3n) is 1.95. The topological polar surface area (TPSA) is 63.2 Å². The summed E-state index contributed by atoms with van der Waals surface area (Å²) in [6.45, 7) is 1.65. The van der Waals surface area contributed by atoms with Gasteiger partial charge in [-0.15, -0.1) is 11.3 Å². The quantitative estimate of drug-likeness (QED) is 0.892. The first-order valence-electron chi connectivity index (χ1n) is 4.65. The second-order valence-electron chi connectivity index (χ2n) is 3.37. The van der Waals surface area contributed by atoms with Crippen LogP contribution in [-0.4, -0.2) is 25.8 Å². The Kier molecular flexibility index (Phi) is 4.58. The standard InChI is InChI=1S/C9H11F2NO3S2/c1-6(7-3-2-4-16-7)12-8(13)5-17(14,15)9(10)11/h2-4,6,9H,5H2,1H3,(H,12,13). The van der Waals surface area contributed by atoms with Crippen LogP contribution in [0, 0.1) is 0 Å². The van der Waals surface area contributed by atoms with Gasteiger partial charge in [0.25, 0.3) is 0 Å². The van der Waals surface area contributed by atoms with Crippen molar-refractivity contribution in [3.05, 3.63) is 22.4 Å². The van der Waals surface area contributed by atoms with E-state index in [0.29, 0.717) is 0 Å². The van der Waals surface area contributed by atoms with Crippen LogP contribution in [0.5, 0.6) is 0 Å². The summed E-state index contributed by atoms with van der Waals surface area (Å²) in [7, 11) is -4.65. The van der Waals surface area contributed by atoms with E-state index in [1.54, 1.807) is 24.4 Å². The lowest BCUT2D eigenvalue weighted by Crippen LogP contribution is -2.34. The average molecular weight is 283 g/mol. The fourth-order valence-electron chi connectivity index (χ4n) is 1.14. The molecule has 1 aromatic rings. The van der Waals surface area contributed by atoms with Crippen LogP contribution in [0.2, 0.25) is 0 Å². The number of alkyl halides is 2. The number of amides is 1. The van der Waals surface area contributed by atoms with Crippen LogP contribution in [0.1, 0.15) is 17.8 Å². The van der Waals surface area contributed by atoms with E-state index in [9.17, 15) is 22.0 Å². The zero-order valence-electron chi connectivity index (χ0n) is 8.89. The summed E-state index contributed by atoms with van der Waals surface area (Å²) in [5.41, 5.74) is 0. The Hall–Kier alpha value is -1.02. The van der Waals surface area contributed by atoms with Gasteiger partial charge in [-0.2, -0.15) is 8.78 Å². The Morgan fingerprint density at radius 2 is 2.18 bits per heavy atom. The molecule has 8 heteroatoms. The van der Waals surface area contributed by atoms with Crippen molar-refractivity contribution in [1.29, 1.82) is 0 Å². The molecular weight excluding hydrogens is 272 g/mol. The predicted octanol–water partition coefficient (Wildman–Crippen LogP) is 1.56. The SMILES string of the molecule is CC(NC(=O)CS(=O)(=O)C(F)F)c1cccs1. The molecule has 1 aromatic heterocycles. The summed E-state index contributed by atoms with van der Waals surface area (Å²) in [5, 5.41) is 4.15. The number of hydrogen-bond donors (Lipinski definition) is 1. The molecule has 0 aliphatic rings. The molecule has 1 heterocycles. The van der Waals surface area contributed by atoms with Crippen molar-refractivity contribution in [3.63, 3.8) is 0 Å². The first kappa shape index (κ1) is 14.0. The van der Waals surface area contributed by atoms with Gasteiger partial charge in [0.15, 0.2) is 0 Å². The Labute approximate surface area is 102 Å². The minimum atomic E-state index is -4.65. The third-order valence-corrected chi connectivity index (χ3v) is 4.21. The zero-order chi connectivity index (χ0) is 13.1. The molecule has 0 aliphatic heterocycles. The molecule has 0 saturated heterocycles. The van der Waals surface area contributed by atoms with Gasteiger partial charge in [0, 0.05) is 4.88 Å². The molecule has 0 saturated carbocycles. The highest BCUT2D eigenvalue weighted by molar-refractivity contribution is 7.92. The number of carbonyl (C=O) groups excluding carboxylic acids is 1. The summed E-state index contributed by atoms with van der Waals surface area (Å²) in [6, 6.07) is 3.14. The second-order valence-corrected chi connectivity index (χ2v) is 6.32. The lowest BCUT2D eigenvalue weighted by atomic mass is 10.3. The molecule has 0 fully saturated rings. The van der Waals surface area contributed by atoms with Crippen molar-refractivity contribution in [2.45, 2.75) is 18.7 Å². The molecular formula is C9H11F2NO3S2. The molecule has 17 heavy (non-hydrogen) atoms. The molecule has 0 aromatic carbocycles. The second kappa shape index (κ2) is 5.54. The van der Waals surface area contributed by atoms with Crippen molar-refractivity contribution in [3.8, 4) is 0 Å². The number of nitrogens with one attached hydrogen (secondary N) is 1. The van der Waals surface area contributed by atoms with Crippen LogP contribution < -0.4 is 5.32 Å². The highest BCUT2D eigenvalue weighted by Gasteiger charge is 2.27. The number of hydrogen-bond acceptors (Lipinski definition) is 4. The Balaban J connectivity index is 2.57. The highest BCUT2D eigenvalue weighted by Crippen LogP contribution is 2.18. The molecule has 0 spiro atoms. The van der Waals surface area contributed by atoms with Crippen molar-refractivity contribution >= 4 is 27.1 Å². The van der Waals surface area contributed by atoms with Gasteiger partial charge >= 0.3 is 5.76 Å². The maximum Gasteiger partial charge on any atom is 0.337 e. The van der Waals surface area contributed by atoms with Crippen LogP contribution >= 0.6 is 11.3 Å². The molecule has 1 unspecified atom stereocenters. The fraction of sp³-hybridized carbons (Fsp3) is 0.444. The number of carbonyl (C=O) groups is 1. The largest absolute Gasteiger partial charge is 0.348 e. The molecule has 4 nitrogen and oxygen atoms in total. The zero-order valence-corrected chi connectivity index (χ0v) is 10.5. The lowest BCUT2D eigenvalue weighted by molar-refractivity contribution is -0.119. The van der Waals surface area contributed by atoms with Crippen molar-refractivity contribution < 1.29 is 22.0 Å². The Morgan fingerprint density at radius 1 is 1.53 bits per heavy atom. The van der Waals surface area contributed by atoms with Crippen LogP contribution in [0.25, 0.3) is 0 Å². The summed E-state index contributed by atoms with van der Waals surface area (Å²) >= 11 is 1.38. The monoisotopic (exact) mass is 283 g/mol. The van der Waals surface area contributed by atoms with Gasteiger partial charge in [0.05, 0.1) is 6.04 Å². The number of thiophene rings is 1. The molecule has 1 rings (SSSR count). The minimum Gasteiger partial charge on any atom is -0.348 e. The smallest absolute Gasteiger partial charge is 0.337 e. The van der Waals surface area contributed by atoms with Crippen molar-refractivity contribution in [2.24, 2.45) is 0 Å². The van der Waals surface area contributed by atoms with Crippen LogP contribution in [-0.2, 0) is 14.6 Å². The summed E-state index contributed by atoms with van der Waals surface area (Å²) < 4.78 is 45.6. The van der Waals surface area contributed by atoms with E-state index in [2.05, 4.69) is 5.32 Å². The van der Waals surface area contributed by atoms with E-state index in [1.807, 2.05) is 0 Å². The number of sulfone groups is 1. The van der Waals surface area contributed by atoms with E-state index < -0.39 is 33.3 Å². The van der Waals surface area contributed by atoms with E-state index >= 15 is 0 Å². The summed E-state index contributed by atoms with van der Waals surface area (Å²) in [5.74, 6) is -5.64. The fourth-order valence-corrected chi connectivity index (χ4v) is 2.45. The average Bonchev–Trinajstić information content (AvgIpc) is 2.68. The molecule has 1 N–H and O–H groups in total. The maximum absolute atomic E-state index is 12.0. The van der Waals surface area contributed by atoms with Crippen LogP contribution in [0.4, 0.5) is 8.78 Å². The summed E-state index contributed by atoms with van der Waals surface area (Å²) in [4.78, 5) is 12.1. The maximum atomic E-state index is 12.0. The first-order chi connectivity index (χ1) is 7.83. The van der Waals surface area contributed by atoms with Gasteiger partial charge in [-0.25, -0.2) is 8.42 Å². The van der Waals surface area contributed by atoms with Gasteiger partial charge in [-0.1, -0.05) is 6.07 Å². The first-order valence-corrected chi connectivity index (χ1v) is 7.25. The Morgan fingerprint density at radius 3 is 2.65 bits per heavy atom. The lowest BCUT2D eigenvalue weighted by Gasteiger charge is -2.12. The van der Waals surface area contributed by atoms with Crippen molar-refractivity contribution in [1.82, 2.24) is 5.32 Å². The molecule has 0 aliphatic carbocycles. The third kappa shape index (κ3) is 4.04. The minimum absolute atomic E-state index is 0.393. The number of halogens is 2. The highest BCUT2D eigenvalue weighted by atomic mass is 32.2. The van der Waals surface area contributed by atoms with E-state index in [-0.39, 0.29) is 0 Å². The van der Waals surface area contributed by atoms with Crippen molar-refractivity contribution in [2.75, 3.05) is 5.75 Å². The van der Waals surface area contributed by atoms with Gasteiger partial charge in [-0.3, -0.25) is 4.79 Å². The molecule has 1 atom stereocenters. The van der Waals surface area contributed by atoms with Crippen LogP contribution in [0.3, 0.4) is 0 Å². The van der Waals surface area contributed by atoms with Gasteiger partial charge in [0.2, 0.25) is 15.7 Å². The van der Waals surface area contributed by atoms with Gasteiger partial charge in [0.1, 0.15) is 5.75 Å². The summed E-state index contributed by atoms with van der Waals surface area (Å²) in [6.07, 6.45) is 0. The van der Waals surface area contributed by atoms with Gasteiger partial charge < -0.3 is 5.32 Å². The predicted molar refractivity (Wildman–Crippen MR) is 60.7 cm³/mol. The van der Waals surface area contributed by atoms with E-state index in [4.69, 9.17) is 0 Å². The Bertz CT molecular complexity index is 470. The van der Waals surface area contributed by atoms with Crippen LogP contribution in [0.15, 0.2) is 17.5 Å². The molecule has 0 bridgehead atoms. The number of rotatable bonds is 5. The molecule has 1 amide bonds. The molecule has 96 valence electrons.